The van der Waals surface area contributed by atoms with E-state index in [0.717, 1.165) is 0 Å². The minimum atomic E-state index is 1.18. The number of hydrogen-bond acceptors (Lipinski definition) is 1. The molecule has 40 heavy (non-hydrogen) atoms. The van der Waals surface area contributed by atoms with Crippen LogP contribution in [0.1, 0.15) is 0 Å². The number of rotatable bonds is 2. The van der Waals surface area contributed by atoms with Crippen LogP contribution in [0.15, 0.2) is 133 Å². The maximum atomic E-state index is 3.79. The normalized spacial score (nSPS) is 12.0. The standard InChI is InChI=1S/C38H23NS/c1-2-10-24-23(9-1)21-22-34-36(24)33-19-7-16-30(37(33)39-34)27-14-5-13-26-25(27)12-6-15-28(26)31-17-8-18-32-29-11-3-4-20-35(29)40-38(31)32/h1-22,39H. The van der Waals surface area contributed by atoms with Gasteiger partial charge in [0.05, 0.1) is 5.52 Å². The summed E-state index contributed by atoms with van der Waals surface area (Å²) in [5, 5.41) is 10.4. The van der Waals surface area contributed by atoms with E-state index in [0.29, 0.717) is 0 Å². The van der Waals surface area contributed by atoms with Gasteiger partial charge in [-0.1, -0.05) is 121 Å². The van der Waals surface area contributed by atoms with E-state index >= 15 is 0 Å². The molecule has 2 heterocycles. The van der Waals surface area contributed by atoms with Crippen LogP contribution in [0, 0.1) is 0 Å². The highest BCUT2D eigenvalue weighted by Crippen LogP contribution is 2.44. The zero-order valence-electron chi connectivity index (χ0n) is 21.6. The first-order chi connectivity index (χ1) is 19.8. The number of para-hydroxylation sites is 1. The molecule has 1 nitrogen and oxygen atoms in total. The van der Waals surface area contributed by atoms with Crippen molar-refractivity contribution in [2.45, 2.75) is 0 Å². The molecule has 2 heteroatoms. The molecule has 0 saturated heterocycles. The molecule has 2 aromatic heterocycles. The number of benzene rings is 7. The lowest BCUT2D eigenvalue weighted by Crippen LogP contribution is -1.86. The molecule has 1 N–H and O–H groups in total. The van der Waals surface area contributed by atoms with Gasteiger partial charge in [-0.3, -0.25) is 0 Å². The van der Waals surface area contributed by atoms with E-state index in [1.54, 1.807) is 0 Å². The second-order valence-electron chi connectivity index (χ2n) is 10.5. The van der Waals surface area contributed by atoms with Crippen LogP contribution in [0.3, 0.4) is 0 Å². The number of thiophene rings is 1. The molecule has 0 atom stereocenters. The van der Waals surface area contributed by atoms with Gasteiger partial charge in [-0.15, -0.1) is 11.3 Å². The van der Waals surface area contributed by atoms with Gasteiger partial charge in [0.1, 0.15) is 0 Å². The molecule has 0 bridgehead atoms. The lowest BCUT2D eigenvalue weighted by Gasteiger charge is -2.13. The molecule has 186 valence electrons. The Labute approximate surface area is 234 Å². The minimum absolute atomic E-state index is 1.18. The van der Waals surface area contributed by atoms with Gasteiger partial charge in [0, 0.05) is 47.6 Å². The number of aromatic nitrogens is 1. The highest BCUT2D eigenvalue weighted by molar-refractivity contribution is 7.26. The minimum Gasteiger partial charge on any atom is -0.354 e. The topological polar surface area (TPSA) is 15.8 Å². The summed E-state index contributed by atoms with van der Waals surface area (Å²) in [6, 6.07) is 48.8. The molecule has 0 unspecified atom stereocenters. The molecule has 0 saturated carbocycles. The summed E-state index contributed by atoms with van der Waals surface area (Å²) < 4.78 is 2.69. The third-order valence-corrected chi connectivity index (χ3v) is 9.65. The smallest absolute Gasteiger partial charge is 0.0544 e. The predicted octanol–water partition coefficient (Wildman–Crippen LogP) is 11.3. The summed E-state index contributed by atoms with van der Waals surface area (Å²) in [5.74, 6) is 0. The van der Waals surface area contributed by atoms with Crippen LogP contribution >= 0.6 is 11.3 Å². The van der Waals surface area contributed by atoms with Crippen molar-refractivity contribution in [3.63, 3.8) is 0 Å². The highest BCUT2D eigenvalue weighted by atomic mass is 32.1. The molecule has 0 amide bonds. The van der Waals surface area contributed by atoms with E-state index in [2.05, 4.69) is 138 Å². The summed E-state index contributed by atoms with van der Waals surface area (Å²) in [6.07, 6.45) is 0. The molecule has 0 spiro atoms. The Morgan fingerprint density at radius 2 is 1.00 bits per heavy atom. The number of H-pyrrole nitrogens is 1. The van der Waals surface area contributed by atoms with E-state index in [1.807, 2.05) is 11.3 Å². The highest BCUT2D eigenvalue weighted by Gasteiger charge is 2.16. The number of aromatic amines is 1. The van der Waals surface area contributed by atoms with Crippen molar-refractivity contribution in [2.24, 2.45) is 0 Å². The molecule has 0 aliphatic rings. The SMILES string of the molecule is c1ccc2c(c1)ccc1[nH]c3c(-c4cccc5c(-c6cccc7c6sc6ccccc67)cccc45)cccc3c12. The summed E-state index contributed by atoms with van der Waals surface area (Å²) >= 11 is 1.89. The van der Waals surface area contributed by atoms with Crippen molar-refractivity contribution in [1.29, 1.82) is 0 Å². The summed E-state index contributed by atoms with van der Waals surface area (Å²) in [5.41, 5.74) is 7.45. The number of hydrogen-bond donors (Lipinski definition) is 1. The van der Waals surface area contributed by atoms with Crippen LogP contribution in [-0.2, 0) is 0 Å². The van der Waals surface area contributed by atoms with Crippen molar-refractivity contribution in [3.8, 4) is 22.3 Å². The largest absolute Gasteiger partial charge is 0.354 e. The molecule has 9 aromatic rings. The summed E-state index contributed by atoms with van der Waals surface area (Å²) in [7, 11) is 0. The van der Waals surface area contributed by atoms with Gasteiger partial charge in [-0.05, 0) is 44.8 Å². The van der Waals surface area contributed by atoms with Crippen molar-refractivity contribution in [3.05, 3.63) is 133 Å². The maximum Gasteiger partial charge on any atom is 0.0544 e. The molecule has 7 aromatic carbocycles. The molecular formula is C38H23NS. The lowest BCUT2D eigenvalue weighted by molar-refractivity contribution is 1.54. The van der Waals surface area contributed by atoms with Crippen LogP contribution in [0.2, 0.25) is 0 Å². The van der Waals surface area contributed by atoms with Crippen LogP contribution in [-0.4, -0.2) is 4.98 Å². The Balaban J connectivity index is 1.32. The quantitative estimate of drug-likeness (QED) is 0.231. The fourth-order valence-corrected chi connectivity index (χ4v) is 7.89. The molecule has 0 fully saturated rings. The number of nitrogens with one attached hydrogen (secondary N) is 1. The van der Waals surface area contributed by atoms with Crippen LogP contribution in [0.25, 0.3) is 85.8 Å². The Morgan fingerprint density at radius 1 is 0.400 bits per heavy atom. The monoisotopic (exact) mass is 525 g/mol. The Morgan fingerprint density at radius 3 is 1.82 bits per heavy atom. The van der Waals surface area contributed by atoms with Crippen molar-refractivity contribution < 1.29 is 0 Å². The van der Waals surface area contributed by atoms with E-state index in [9.17, 15) is 0 Å². The molecule has 0 aliphatic heterocycles. The molecular weight excluding hydrogens is 502 g/mol. The van der Waals surface area contributed by atoms with E-state index < -0.39 is 0 Å². The first-order valence-electron chi connectivity index (χ1n) is 13.7. The second-order valence-corrected chi connectivity index (χ2v) is 11.6. The third kappa shape index (κ3) is 3.03. The summed E-state index contributed by atoms with van der Waals surface area (Å²) in [6.45, 7) is 0. The van der Waals surface area contributed by atoms with Gasteiger partial charge in [0.15, 0.2) is 0 Å². The second kappa shape index (κ2) is 8.29. The van der Waals surface area contributed by atoms with Gasteiger partial charge >= 0.3 is 0 Å². The Hall–Kier alpha value is -4.92. The van der Waals surface area contributed by atoms with Crippen LogP contribution in [0.4, 0.5) is 0 Å². The van der Waals surface area contributed by atoms with E-state index in [1.165, 1.54) is 85.8 Å². The number of fused-ring (bicyclic) bond motifs is 9. The van der Waals surface area contributed by atoms with Crippen LogP contribution < -0.4 is 0 Å². The van der Waals surface area contributed by atoms with E-state index in [4.69, 9.17) is 0 Å². The average molecular weight is 526 g/mol. The third-order valence-electron chi connectivity index (χ3n) is 8.43. The zero-order chi connectivity index (χ0) is 26.2. The molecule has 0 radical (unpaired) electrons. The van der Waals surface area contributed by atoms with Gasteiger partial charge < -0.3 is 4.98 Å². The average Bonchev–Trinajstić information content (AvgIpc) is 3.59. The van der Waals surface area contributed by atoms with Crippen molar-refractivity contribution in [1.82, 2.24) is 4.98 Å². The first kappa shape index (κ1) is 22.0. The maximum absolute atomic E-state index is 3.79. The van der Waals surface area contributed by atoms with Crippen LogP contribution in [0.5, 0.6) is 0 Å². The predicted molar refractivity (Wildman–Crippen MR) is 175 cm³/mol. The first-order valence-corrected chi connectivity index (χ1v) is 14.5. The Bertz CT molecular complexity index is 2440. The molecule has 9 rings (SSSR count). The Kier molecular flexibility index (Phi) is 4.55. The van der Waals surface area contributed by atoms with Crippen molar-refractivity contribution in [2.75, 3.05) is 0 Å². The van der Waals surface area contributed by atoms with Gasteiger partial charge in [0.25, 0.3) is 0 Å². The van der Waals surface area contributed by atoms with E-state index in [-0.39, 0.29) is 0 Å². The van der Waals surface area contributed by atoms with Crippen molar-refractivity contribution >= 4 is 74.9 Å². The fraction of sp³-hybridized carbons (Fsp3) is 0. The van der Waals surface area contributed by atoms with Gasteiger partial charge in [-0.2, -0.15) is 0 Å². The van der Waals surface area contributed by atoms with Gasteiger partial charge in [0.2, 0.25) is 0 Å². The fourth-order valence-electron chi connectivity index (χ4n) is 6.66. The molecule has 0 aliphatic carbocycles. The summed E-state index contributed by atoms with van der Waals surface area (Å²) in [4.78, 5) is 3.79. The zero-order valence-corrected chi connectivity index (χ0v) is 22.4. The lowest BCUT2D eigenvalue weighted by atomic mass is 9.91. The van der Waals surface area contributed by atoms with Gasteiger partial charge in [-0.25, -0.2) is 0 Å².